The van der Waals surface area contributed by atoms with Gasteiger partial charge in [-0.3, -0.25) is 19.2 Å². The second kappa shape index (κ2) is 44.6. The number of hydrogen-bond donors (Lipinski definition) is 7. The standard InChI is InChI=1S/C28H33N7O.C26H27F3N6O2.C25H27ClN6O2.C20H17N3O/c1-7-27(36)30-24-17-23(19(2)16-26(24)34(5)15-14-33(3)4)32-28-29-13-12-22(31-28)21-18-35(6)25-11-9-8-10-20(21)25;1-4-23(36)31-18-6-5-7-20(15-18)37-24-21(26(27,28)29)16-30-25(33-24)32-22-9-8-19(14-17(22)2)35-12-10-34(3)11-13-35;1-4-23(33)28-18-6-5-7-20(15-18)34-24-21(26)16-27-25(30-24)29-22-9-8-19(14-17(22)2)32-12-10-31(3)11-13-32;1-3-5-17(24)11-15-8-9-19-18(12-15)20(22-13-21-19)23-16-7-4-6-14(2)10-16/h7-13,16-18H,1,14-15H2,2-6H3,(H,30,36)(H,29,31,32);4-9,14-16H,1,10-13H2,2-3H3,(H,31,36)(H,30,32,33);4-9,14-16H,1,10-13H2,2-3H3,(H,28,33)(H,27,29,30);4,6-10,12-13H,11H2,1-2H3,(H,21,22,23). The second-order valence-electron chi connectivity index (χ2n) is 31.4. The van der Waals surface area contributed by atoms with Crippen molar-refractivity contribution in [3.05, 3.63) is 277 Å². The van der Waals surface area contributed by atoms with Crippen LogP contribution in [0.1, 0.15) is 40.3 Å². The van der Waals surface area contributed by atoms with Crippen LogP contribution in [-0.2, 0) is 38.8 Å². The van der Waals surface area contributed by atoms with E-state index in [1.165, 1.54) is 54.1 Å². The first kappa shape index (κ1) is 95.0. The molecular formula is C99H104ClF3N22O6. The summed E-state index contributed by atoms with van der Waals surface area (Å²) in [5.74, 6) is 5.68. The van der Waals surface area contributed by atoms with E-state index in [0.29, 0.717) is 46.6 Å². The lowest BCUT2D eigenvalue weighted by Gasteiger charge is -2.34. The van der Waals surface area contributed by atoms with Gasteiger partial charge in [-0.1, -0.05) is 85.8 Å². The van der Waals surface area contributed by atoms with Crippen LogP contribution in [0, 0.1) is 39.5 Å². The maximum Gasteiger partial charge on any atom is 0.423 e. The number of piperazine rings is 2. The maximum atomic E-state index is 13.7. The summed E-state index contributed by atoms with van der Waals surface area (Å²) in [7, 11) is 12.4. The summed E-state index contributed by atoms with van der Waals surface area (Å²) in [6, 6.07) is 53.0. The van der Waals surface area contributed by atoms with Crippen LogP contribution in [0.15, 0.2) is 239 Å². The van der Waals surface area contributed by atoms with Gasteiger partial charge in [-0.15, -0.1) is 0 Å². The number of nitrogens with zero attached hydrogens (tertiary/aromatic N) is 15. The number of likely N-dealkylation sites (N-methyl/N-ethyl adjacent to an activating group) is 4. The molecule has 2 saturated heterocycles. The summed E-state index contributed by atoms with van der Waals surface area (Å²) in [6.07, 6.45) is 6.66. The van der Waals surface area contributed by atoms with Crippen molar-refractivity contribution in [1.29, 1.82) is 0 Å². The number of carbonyl (C=O) groups excluding carboxylic acids is 4. The van der Waals surface area contributed by atoms with Crippen molar-refractivity contribution in [1.82, 2.24) is 59.1 Å². The van der Waals surface area contributed by atoms with Gasteiger partial charge in [0, 0.05) is 184 Å². The third-order valence-electron chi connectivity index (χ3n) is 21.2. The molecule has 0 radical (unpaired) electrons. The summed E-state index contributed by atoms with van der Waals surface area (Å²) in [5.41, 5.74) is 16.0. The quantitative estimate of drug-likeness (QED) is 0.0143. The van der Waals surface area contributed by atoms with Gasteiger partial charge in [0.2, 0.25) is 53.1 Å². The SMILES string of the molecule is C=CC(=O)Nc1cc(Nc2nccc(-c3cn(C)c4ccccc34)n2)c(C)cc1N(C)CCN(C)C.C=CC(=O)Nc1cccc(Oc2nc(Nc3ccc(N4CCN(C)CC4)cc3C)ncc2C(F)(F)F)c1.C=CC(=O)Nc1cccc(Oc2nc(Nc3ccc(N4CCN(C)CC4)cc3C)ncc2Cl)c1.CC#CC(=O)Cc1ccc2ncnc(Nc3cccc(C)c3)c2c1. The summed E-state index contributed by atoms with van der Waals surface area (Å²) in [6.45, 7) is 29.8. The maximum absolute atomic E-state index is 13.7. The lowest BCUT2D eigenvalue weighted by atomic mass is 10.1. The lowest BCUT2D eigenvalue weighted by molar-refractivity contribution is -0.139. The third-order valence-corrected chi connectivity index (χ3v) is 21.4. The van der Waals surface area contributed by atoms with Gasteiger partial charge < -0.3 is 80.7 Å². The Morgan fingerprint density at radius 3 is 1.68 bits per heavy atom. The average Bonchev–Trinajstić information content (AvgIpc) is 1.63. The van der Waals surface area contributed by atoms with Gasteiger partial charge in [-0.05, 0) is 224 Å². The van der Waals surface area contributed by atoms with Crippen LogP contribution in [0.5, 0.6) is 23.3 Å². The minimum absolute atomic E-state index is 0.0467. The van der Waals surface area contributed by atoms with E-state index in [1.807, 2.05) is 134 Å². The smallest absolute Gasteiger partial charge is 0.423 e. The number of alkyl halides is 3. The van der Waals surface area contributed by atoms with Gasteiger partial charge in [-0.2, -0.15) is 23.1 Å². The minimum Gasteiger partial charge on any atom is -0.438 e. The van der Waals surface area contributed by atoms with Gasteiger partial charge in [0.25, 0.3) is 0 Å². The fraction of sp³-hybridized carbons (Fsp3) is 0.232. The molecule has 32 heteroatoms. The molecule has 0 atom stereocenters. The number of Topliss-reactive ketones (excluding diaryl/α,β-unsaturated/α-hetero) is 1. The Labute approximate surface area is 764 Å². The Kier molecular flexibility index (Phi) is 32.3. The van der Waals surface area contributed by atoms with Gasteiger partial charge in [-0.25, -0.2) is 29.9 Å². The third kappa shape index (κ3) is 26.5. The van der Waals surface area contributed by atoms with Crippen LogP contribution >= 0.6 is 11.6 Å². The zero-order valence-corrected chi connectivity index (χ0v) is 75.6. The molecule has 0 saturated carbocycles. The predicted molar refractivity (Wildman–Crippen MR) is 518 cm³/mol. The van der Waals surface area contributed by atoms with E-state index in [9.17, 15) is 32.3 Å². The Morgan fingerprint density at radius 1 is 0.534 bits per heavy atom. The number of hydrogen-bond acceptors (Lipinski definition) is 24. The summed E-state index contributed by atoms with van der Waals surface area (Å²) >= 11 is 6.27. The highest BCUT2D eigenvalue weighted by Gasteiger charge is 2.37. The Hall–Kier alpha value is -15.1. The molecule has 3 amide bonds. The second-order valence-corrected chi connectivity index (χ2v) is 31.8. The number of amides is 3. The van der Waals surface area contributed by atoms with E-state index < -0.39 is 23.5 Å². The molecular weight excluding hydrogens is 1690 g/mol. The fourth-order valence-corrected chi connectivity index (χ4v) is 14.2. The average molecular weight is 1790 g/mol. The van der Waals surface area contributed by atoms with Crippen molar-refractivity contribution in [2.75, 3.05) is 153 Å². The van der Waals surface area contributed by atoms with Crippen LogP contribution in [0.25, 0.3) is 33.1 Å². The zero-order valence-electron chi connectivity index (χ0n) is 74.9. The number of rotatable bonds is 27. The number of fused-ring (bicyclic) bond motifs is 2. The van der Waals surface area contributed by atoms with Crippen molar-refractivity contribution < 1.29 is 41.8 Å². The van der Waals surface area contributed by atoms with Crippen LogP contribution in [0.2, 0.25) is 5.02 Å². The fourth-order valence-electron chi connectivity index (χ4n) is 14.1. The van der Waals surface area contributed by atoms with Crippen LogP contribution < -0.4 is 61.4 Å². The van der Waals surface area contributed by atoms with Crippen molar-refractivity contribution in [3.63, 3.8) is 0 Å². The van der Waals surface area contributed by atoms with Crippen LogP contribution in [0.3, 0.4) is 0 Å². The summed E-state index contributed by atoms with van der Waals surface area (Å²) < 4.78 is 54.5. The number of aromatic nitrogens is 9. The molecule has 7 heterocycles. The molecule has 2 aliphatic rings. The highest BCUT2D eigenvalue weighted by molar-refractivity contribution is 6.31. The number of ketones is 1. The molecule has 8 aromatic carbocycles. The number of para-hydroxylation sites is 1. The van der Waals surface area contributed by atoms with E-state index in [2.05, 4.69) is 201 Å². The van der Waals surface area contributed by atoms with E-state index >= 15 is 0 Å². The molecule has 2 fully saturated rings. The number of ether oxygens (including phenoxy) is 2. The Morgan fingerprint density at radius 2 is 1.09 bits per heavy atom. The largest absolute Gasteiger partial charge is 0.438 e. The molecule has 2 aliphatic heterocycles. The van der Waals surface area contributed by atoms with Gasteiger partial charge in [0.05, 0.1) is 28.8 Å². The molecule has 131 heavy (non-hydrogen) atoms. The normalized spacial score (nSPS) is 12.5. The monoisotopic (exact) mass is 1790 g/mol. The van der Waals surface area contributed by atoms with E-state index in [1.54, 1.807) is 43.5 Å². The number of aryl methyl sites for hydroxylation is 5. The topological polar surface area (TPSA) is 298 Å². The Balaban J connectivity index is 0.000000160. The first-order valence-electron chi connectivity index (χ1n) is 42.1. The van der Waals surface area contributed by atoms with Gasteiger partial charge in [0.15, 0.2) is 0 Å². The van der Waals surface area contributed by atoms with Gasteiger partial charge in [0.1, 0.15) is 34.2 Å². The van der Waals surface area contributed by atoms with Gasteiger partial charge >= 0.3 is 6.18 Å². The van der Waals surface area contributed by atoms with Crippen molar-refractivity contribution in [2.24, 2.45) is 7.05 Å². The number of carbonyl (C=O) groups is 4. The molecule has 0 spiro atoms. The first-order chi connectivity index (χ1) is 62.9. The zero-order chi connectivity index (χ0) is 93.4. The van der Waals surface area contributed by atoms with E-state index in [4.69, 9.17) is 26.1 Å². The molecule has 5 aromatic heterocycles. The van der Waals surface area contributed by atoms with Crippen molar-refractivity contribution in [3.8, 4) is 46.4 Å². The summed E-state index contributed by atoms with van der Waals surface area (Å²) in [5, 5.41) is 23.4. The predicted octanol–water partition coefficient (Wildman–Crippen LogP) is 18.7. The molecule has 15 rings (SSSR count). The Bertz CT molecular complexity index is 6380. The number of halogens is 4. The van der Waals surface area contributed by atoms with Crippen molar-refractivity contribution >= 4 is 137 Å². The van der Waals surface area contributed by atoms with Crippen LogP contribution in [0.4, 0.5) is 93.7 Å². The molecule has 0 aliphatic carbocycles. The molecule has 7 N–H and O–H groups in total. The molecule has 0 bridgehead atoms. The molecule has 13 aromatic rings. The molecule has 28 nitrogen and oxygen atoms in total. The van der Waals surface area contributed by atoms with E-state index in [-0.39, 0.29) is 46.6 Å². The first-order valence-corrected chi connectivity index (χ1v) is 42.5. The minimum atomic E-state index is -4.73. The van der Waals surface area contributed by atoms with Crippen LogP contribution in [-0.4, -0.2) is 183 Å². The highest BCUT2D eigenvalue weighted by Crippen LogP contribution is 2.41. The van der Waals surface area contributed by atoms with E-state index in [0.717, 1.165) is 161 Å². The van der Waals surface area contributed by atoms with Crippen molar-refractivity contribution in [2.45, 2.75) is 47.2 Å². The lowest BCUT2D eigenvalue weighted by Crippen LogP contribution is -2.44. The summed E-state index contributed by atoms with van der Waals surface area (Å²) in [4.78, 5) is 95.1. The number of benzene rings is 8. The molecule has 0 unspecified atom stereocenters. The highest BCUT2D eigenvalue weighted by atomic mass is 35.5. The number of anilines is 14. The molecule has 674 valence electrons. The number of nitrogens with one attached hydrogen (secondary N) is 7.